The Balaban J connectivity index is 4.31. The molecule has 5 heteroatoms. The van der Waals surface area contributed by atoms with E-state index in [-0.39, 0.29) is 11.8 Å². The molecule has 0 fully saturated rings. The predicted molar refractivity (Wildman–Crippen MR) is 74.1 cm³/mol. The van der Waals surface area contributed by atoms with Gasteiger partial charge in [0, 0.05) is 24.9 Å². The van der Waals surface area contributed by atoms with Gasteiger partial charge in [0.1, 0.15) is 9.84 Å². The van der Waals surface area contributed by atoms with Gasteiger partial charge in [-0.2, -0.15) is 0 Å². The van der Waals surface area contributed by atoms with E-state index in [0.717, 1.165) is 13.0 Å². The minimum atomic E-state index is -2.90. The number of hydrogen-bond donors (Lipinski definition) is 1. The van der Waals surface area contributed by atoms with Gasteiger partial charge < -0.3 is 10.2 Å². The third-order valence-corrected chi connectivity index (χ3v) is 3.52. The van der Waals surface area contributed by atoms with Crippen molar-refractivity contribution in [2.75, 3.05) is 32.6 Å². The van der Waals surface area contributed by atoms with Gasteiger partial charge in [-0.15, -0.1) is 0 Å². The van der Waals surface area contributed by atoms with Crippen molar-refractivity contribution in [1.82, 2.24) is 10.2 Å². The minimum absolute atomic E-state index is 0.00806. The summed E-state index contributed by atoms with van der Waals surface area (Å²) in [5.41, 5.74) is 0. The number of nitrogens with one attached hydrogen (secondary N) is 1. The lowest BCUT2D eigenvalue weighted by Crippen LogP contribution is -2.45. The Morgan fingerprint density at radius 1 is 1.18 bits per heavy atom. The van der Waals surface area contributed by atoms with Crippen LogP contribution in [0.1, 0.15) is 27.2 Å². The van der Waals surface area contributed by atoms with E-state index in [0.29, 0.717) is 12.0 Å². The molecular formula is C12H28N2O2S. The Bertz CT molecular complexity index is 290. The van der Waals surface area contributed by atoms with E-state index in [4.69, 9.17) is 0 Å². The van der Waals surface area contributed by atoms with Gasteiger partial charge in [0.05, 0.1) is 5.75 Å². The molecule has 0 aliphatic carbocycles. The van der Waals surface area contributed by atoms with Crippen LogP contribution >= 0.6 is 0 Å². The first kappa shape index (κ1) is 16.9. The lowest BCUT2D eigenvalue weighted by Gasteiger charge is -2.27. The highest BCUT2D eigenvalue weighted by Crippen LogP contribution is 2.07. The van der Waals surface area contributed by atoms with Crippen LogP contribution in [0.15, 0.2) is 0 Å². The smallest absolute Gasteiger partial charge is 0.148 e. The van der Waals surface area contributed by atoms with E-state index >= 15 is 0 Å². The number of nitrogens with zero attached hydrogens (tertiary/aromatic N) is 1. The fourth-order valence-electron chi connectivity index (χ4n) is 2.11. The first-order valence-corrected chi connectivity index (χ1v) is 8.24. The molecule has 2 unspecified atom stereocenters. The van der Waals surface area contributed by atoms with Crippen molar-refractivity contribution in [3.63, 3.8) is 0 Å². The van der Waals surface area contributed by atoms with Crippen molar-refractivity contribution in [3.8, 4) is 0 Å². The van der Waals surface area contributed by atoms with E-state index in [9.17, 15) is 8.42 Å². The zero-order valence-corrected chi connectivity index (χ0v) is 12.8. The van der Waals surface area contributed by atoms with E-state index < -0.39 is 9.84 Å². The fraction of sp³-hybridized carbons (Fsp3) is 1.00. The topological polar surface area (TPSA) is 49.4 Å². The van der Waals surface area contributed by atoms with Gasteiger partial charge in [-0.05, 0) is 33.4 Å². The van der Waals surface area contributed by atoms with Gasteiger partial charge in [-0.25, -0.2) is 8.42 Å². The van der Waals surface area contributed by atoms with Crippen LogP contribution in [0.4, 0.5) is 0 Å². The monoisotopic (exact) mass is 264 g/mol. The summed E-state index contributed by atoms with van der Waals surface area (Å²) in [5.74, 6) is 0.813. The van der Waals surface area contributed by atoms with Crippen molar-refractivity contribution in [2.45, 2.75) is 39.3 Å². The SMILES string of the molecule is CC(C)CC(CN(C)C)NC(C)CS(C)(=O)=O. The highest BCUT2D eigenvalue weighted by Gasteiger charge is 2.17. The largest absolute Gasteiger partial charge is 0.309 e. The Kier molecular flexibility index (Phi) is 7.28. The molecule has 0 aromatic heterocycles. The van der Waals surface area contributed by atoms with E-state index in [1.807, 2.05) is 21.0 Å². The first-order chi connectivity index (χ1) is 7.60. The lowest BCUT2D eigenvalue weighted by atomic mass is 10.0. The standard InChI is InChI=1S/C12H28N2O2S/c1-10(2)7-12(8-14(4)5)13-11(3)9-17(6,15)16/h10-13H,7-9H2,1-6H3. The van der Waals surface area contributed by atoms with Crippen molar-refractivity contribution in [1.29, 1.82) is 0 Å². The molecule has 0 bridgehead atoms. The summed E-state index contributed by atoms with van der Waals surface area (Å²) in [6.07, 6.45) is 2.35. The molecule has 4 nitrogen and oxygen atoms in total. The second-order valence-electron chi connectivity index (χ2n) is 5.75. The summed E-state index contributed by atoms with van der Waals surface area (Å²) in [5, 5.41) is 3.42. The minimum Gasteiger partial charge on any atom is -0.309 e. The normalized spacial score (nSPS) is 16.5. The van der Waals surface area contributed by atoms with Gasteiger partial charge >= 0.3 is 0 Å². The van der Waals surface area contributed by atoms with Crippen LogP contribution in [-0.2, 0) is 9.84 Å². The van der Waals surface area contributed by atoms with Gasteiger partial charge in [0.25, 0.3) is 0 Å². The van der Waals surface area contributed by atoms with Gasteiger partial charge in [0.15, 0.2) is 0 Å². The molecule has 0 spiro atoms. The van der Waals surface area contributed by atoms with Crippen LogP contribution in [-0.4, -0.2) is 58.1 Å². The van der Waals surface area contributed by atoms with Crippen molar-refractivity contribution >= 4 is 9.84 Å². The molecule has 0 amide bonds. The highest BCUT2D eigenvalue weighted by atomic mass is 32.2. The van der Waals surface area contributed by atoms with Gasteiger partial charge in [0.2, 0.25) is 0 Å². The molecular weight excluding hydrogens is 236 g/mol. The van der Waals surface area contributed by atoms with Crippen LogP contribution in [0, 0.1) is 5.92 Å². The molecule has 0 saturated carbocycles. The third kappa shape index (κ3) is 10.7. The molecule has 0 aromatic carbocycles. The number of hydrogen-bond acceptors (Lipinski definition) is 4. The molecule has 1 N–H and O–H groups in total. The Morgan fingerprint density at radius 2 is 1.71 bits per heavy atom. The van der Waals surface area contributed by atoms with Crippen molar-refractivity contribution in [2.24, 2.45) is 5.92 Å². The quantitative estimate of drug-likeness (QED) is 0.710. The molecule has 0 aliphatic rings. The van der Waals surface area contributed by atoms with Crippen LogP contribution < -0.4 is 5.32 Å². The Morgan fingerprint density at radius 3 is 2.06 bits per heavy atom. The van der Waals surface area contributed by atoms with E-state index in [1.165, 1.54) is 6.26 Å². The summed E-state index contributed by atoms with van der Waals surface area (Å²) in [7, 11) is 1.17. The van der Waals surface area contributed by atoms with E-state index in [1.54, 1.807) is 0 Å². The maximum Gasteiger partial charge on any atom is 0.148 e. The molecule has 0 saturated heterocycles. The molecule has 17 heavy (non-hydrogen) atoms. The summed E-state index contributed by atoms with van der Waals surface area (Å²) < 4.78 is 22.4. The van der Waals surface area contributed by atoms with Crippen LogP contribution in [0.2, 0.25) is 0 Å². The molecule has 2 atom stereocenters. The first-order valence-electron chi connectivity index (χ1n) is 6.18. The van der Waals surface area contributed by atoms with Crippen molar-refractivity contribution in [3.05, 3.63) is 0 Å². The summed E-state index contributed by atoms with van der Waals surface area (Å²) in [6, 6.07) is 0.357. The second-order valence-corrected chi connectivity index (χ2v) is 7.93. The lowest BCUT2D eigenvalue weighted by molar-refractivity contribution is 0.294. The molecule has 0 rings (SSSR count). The molecule has 0 radical (unpaired) electrons. The second kappa shape index (κ2) is 7.34. The Labute approximate surface area is 107 Å². The average Bonchev–Trinajstić information content (AvgIpc) is 1.95. The van der Waals surface area contributed by atoms with Gasteiger partial charge in [-0.1, -0.05) is 13.8 Å². The number of rotatable bonds is 8. The zero-order valence-electron chi connectivity index (χ0n) is 12.0. The van der Waals surface area contributed by atoms with Crippen LogP contribution in [0.3, 0.4) is 0 Å². The molecule has 0 aromatic rings. The molecule has 104 valence electrons. The average molecular weight is 264 g/mol. The van der Waals surface area contributed by atoms with E-state index in [2.05, 4.69) is 24.1 Å². The maximum absolute atomic E-state index is 11.2. The Hall–Kier alpha value is -0.130. The summed E-state index contributed by atoms with van der Waals surface area (Å²) in [6.45, 7) is 7.24. The zero-order chi connectivity index (χ0) is 13.6. The fourth-order valence-corrected chi connectivity index (χ4v) is 3.11. The summed E-state index contributed by atoms with van der Waals surface area (Å²) >= 11 is 0. The van der Waals surface area contributed by atoms with Crippen molar-refractivity contribution < 1.29 is 8.42 Å². The number of likely N-dealkylation sites (N-methyl/N-ethyl adjacent to an activating group) is 1. The van der Waals surface area contributed by atoms with Gasteiger partial charge in [-0.3, -0.25) is 0 Å². The third-order valence-electron chi connectivity index (χ3n) is 2.41. The highest BCUT2D eigenvalue weighted by molar-refractivity contribution is 7.90. The number of sulfone groups is 1. The summed E-state index contributed by atoms with van der Waals surface area (Å²) in [4.78, 5) is 2.13. The molecule has 0 heterocycles. The van der Waals surface area contributed by atoms with Crippen LogP contribution in [0.5, 0.6) is 0 Å². The van der Waals surface area contributed by atoms with Crippen LogP contribution in [0.25, 0.3) is 0 Å². The predicted octanol–water partition coefficient (Wildman–Crippen LogP) is 0.985. The molecule has 0 aliphatic heterocycles. The maximum atomic E-state index is 11.2.